The van der Waals surface area contributed by atoms with E-state index in [1.54, 1.807) is 6.20 Å². The van der Waals surface area contributed by atoms with Gasteiger partial charge in [0.05, 0.1) is 17.6 Å². The number of anilines is 1. The highest BCUT2D eigenvalue weighted by atomic mass is 35.5. The van der Waals surface area contributed by atoms with Gasteiger partial charge in [0.25, 0.3) is 0 Å². The maximum absolute atomic E-state index is 5.91. The number of nitrogens with zero attached hydrogens (tertiary/aromatic N) is 3. The summed E-state index contributed by atoms with van der Waals surface area (Å²) in [7, 11) is 0. The number of hydrogen-bond acceptors (Lipinski definition) is 4. The van der Waals surface area contributed by atoms with E-state index in [0.717, 1.165) is 55.3 Å². The lowest BCUT2D eigenvalue weighted by Gasteiger charge is -2.19. The molecule has 1 aliphatic heterocycles. The number of halogens is 1. The van der Waals surface area contributed by atoms with Gasteiger partial charge >= 0.3 is 0 Å². The summed E-state index contributed by atoms with van der Waals surface area (Å²) in [6.45, 7) is 3.09. The smallest absolute Gasteiger partial charge is 0.142 e. The summed E-state index contributed by atoms with van der Waals surface area (Å²) in [5.74, 6) is 0.517. The third-order valence-electron chi connectivity index (χ3n) is 3.91. The van der Waals surface area contributed by atoms with Gasteiger partial charge in [-0.15, -0.1) is 0 Å². The van der Waals surface area contributed by atoms with Crippen LogP contribution in [0.25, 0.3) is 0 Å². The molecule has 1 aliphatic rings. The quantitative estimate of drug-likeness (QED) is 0.945. The topological polar surface area (TPSA) is 55.0 Å². The van der Waals surface area contributed by atoms with Crippen LogP contribution in [0.1, 0.15) is 17.0 Å². The first-order valence-corrected chi connectivity index (χ1v) is 7.65. The Balaban J connectivity index is 1.58. The van der Waals surface area contributed by atoms with Gasteiger partial charge in [-0.2, -0.15) is 0 Å². The van der Waals surface area contributed by atoms with Crippen molar-refractivity contribution in [3.63, 3.8) is 0 Å². The fourth-order valence-corrected chi connectivity index (χ4v) is 2.80. The molecule has 0 bridgehead atoms. The minimum absolute atomic E-state index is 0.517. The summed E-state index contributed by atoms with van der Waals surface area (Å²) < 4.78 is 0. The summed E-state index contributed by atoms with van der Waals surface area (Å²) in [6.07, 6.45) is 4.57. The van der Waals surface area contributed by atoms with E-state index < -0.39 is 0 Å². The molecule has 0 atom stereocenters. The second kappa shape index (κ2) is 6.41. The average molecular weight is 303 g/mol. The van der Waals surface area contributed by atoms with Gasteiger partial charge < -0.3 is 10.6 Å². The summed E-state index contributed by atoms with van der Waals surface area (Å²) in [4.78, 5) is 11.3. The Morgan fingerprint density at radius 3 is 2.57 bits per heavy atom. The van der Waals surface area contributed by atoms with Gasteiger partial charge in [0.15, 0.2) is 0 Å². The van der Waals surface area contributed by atoms with Crippen molar-refractivity contribution in [1.29, 1.82) is 0 Å². The fraction of sp³-hybridized carbons (Fsp3) is 0.375. The lowest BCUT2D eigenvalue weighted by Crippen LogP contribution is -2.28. The molecule has 0 spiro atoms. The number of aromatic nitrogens is 2. The molecule has 4 nitrogen and oxygen atoms in total. The average Bonchev–Trinajstić information content (AvgIpc) is 2.69. The number of rotatable bonds is 3. The number of benzene rings is 1. The van der Waals surface area contributed by atoms with Gasteiger partial charge in [-0.3, -0.25) is 4.98 Å². The van der Waals surface area contributed by atoms with E-state index in [9.17, 15) is 0 Å². The summed E-state index contributed by atoms with van der Waals surface area (Å²) in [5.41, 5.74) is 9.19. The Morgan fingerprint density at radius 2 is 1.81 bits per heavy atom. The van der Waals surface area contributed by atoms with Crippen LogP contribution in [-0.2, 0) is 19.3 Å². The Hall–Kier alpha value is -1.65. The standard InChI is InChI=1S/C16H19ClN4/c17-13-3-1-12(2-4-13)5-8-21-9-6-14-15(7-10-21)20-16(18)11-19-14/h1-4,11H,5-10H2,(H2,18,20). The maximum atomic E-state index is 5.91. The molecule has 5 heteroatoms. The minimum Gasteiger partial charge on any atom is -0.382 e. The first-order valence-electron chi connectivity index (χ1n) is 7.28. The molecule has 0 radical (unpaired) electrons. The zero-order valence-corrected chi connectivity index (χ0v) is 12.7. The van der Waals surface area contributed by atoms with Crippen LogP contribution in [0, 0.1) is 0 Å². The van der Waals surface area contributed by atoms with Crippen LogP contribution in [0.15, 0.2) is 30.5 Å². The fourth-order valence-electron chi connectivity index (χ4n) is 2.68. The third kappa shape index (κ3) is 3.71. The van der Waals surface area contributed by atoms with Crippen LogP contribution in [0.3, 0.4) is 0 Å². The van der Waals surface area contributed by atoms with Crippen molar-refractivity contribution in [2.75, 3.05) is 25.4 Å². The highest BCUT2D eigenvalue weighted by Gasteiger charge is 2.16. The van der Waals surface area contributed by atoms with Crippen LogP contribution in [0.2, 0.25) is 5.02 Å². The van der Waals surface area contributed by atoms with E-state index in [4.69, 9.17) is 17.3 Å². The minimum atomic E-state index is 0.517. The molecule has 3 rings (SSSR count). The third-order valence-corrected chi connectivity index (χ3v) is 4.16. The van der Waals surface area contributed by atoms with Crippen molar-refractivity contribution in [3.05, 3.63) is 52.4 Å². The number of fused-ring (bicyclic) bond motifs is 1. The van der Waals surface area contributed by atoms with E-state index in [1.807, 2.05) is 12.1 Å². The summed E-state index contributed by atoms with van der Waals surface area (Å²) in [5, 5.41) is 0.790. The zero-order valence-electron chi connectivity index (χ0n) is 11.9. The van der Waals surface area contributed by atoms with Crippen LogP contribution in [0.4, 0.5) is 5.82 Å². The lowest BCUT2D eigenvalue weighted by molar-refractivity contribution is 0.290. The van der Waals surface area contributed by atoms with E-state index in [1.165, 1.54) is 5.56 Å². The predicted molar refractivity (Wildman–Crippen MR) is 85.4 cm³/mol. The molecular formula is C16H19ClN4. The molecule has 0 saturated heterocycles. The normalized spacial score (nSPS) is 15.5. The Bertz CT molecular complexity index is 612. The van der Waals surface area contributed by atoms with E-state index in [0.29, 0.717) is 5.82 Å². The highest BCUT2D eigenvalue weighted by Crippen LogP contribution is 2.14. The molecule has 0 amide bonds. The number of nitrogen functional groups attached to an aromatic ring is 1. The van der Waals surface area contributed by atoms with Crippen molar-refractivity contribution < 1.29 is 0 Å². The van der Waals surface area contributed by atoms with Gasteiger partial charge in [0, 0.05) is 37.5 Å². The SMILES string of the molecule is Nc1cnc2c(n1)CCN(CCc1ccc(Cl)cc1)CC2. The molecule has 1 aromatic carbocycles. The molecule has 2 aromatic rings. The lowest BCUT2D eigenvalue weighted by atomic mass is 10.1. The molecule has 0 fully saturated rings. The molecule has 2 heterocycles. The van der Waals surface area contributed by atoms with Gasteiger partial charge in [-0.1, -0.05) is 23.7 Å². The molecule has 1 aromatic heterocycles. The van der Waals surface area contributed by atoms with E-state index in [-0.39, 0.29) is 0 Å². The molecule has 2 N–H and O–H groups in total. The van der Waals surface area contributed by atoms with E-state index in [2.05, 4.69) is 27.0 Å². The molecule has 0 unspecified atom stereocenters. The Labute approximate surface area is 130 Å². The van der Waals surface area contributed by atoms with Crippen LogP contribution < -0.4 is 5.73 Å². The Kier molecular flexibility index (Phi) is 4.36. The van der Waals surface area contributed by atoms with Crippen LogP contribution >= 0.6 is 11.6 Å². The van der Waals surface area contributed by atoms with Gasteiger partial charge in [-0.25, -0.2) is 4.98 Å². The van der Waals surface area contributed by atoms with Gasteiger partial charge in [-0.05, 0) is 24.1 Å². The number of nitrogens with two attached hydrogens (primary N) is 1. The first-order chi connectivity index (χ1) is 10.2. The molecule has 21 heavy (non-hydrogen) atoms. The Morgan fingerprint density at radius 1 is 1.10 bits per heavy atom. The van der Waals surface area contributed by atoms with Crippen molar-refractivity contribution in [1.82, 2.24) is 14.9 Å². The van der Waals surface area contributed by atoms with E-state index >= 15 is 0 Å². The monoisotopic (exact) mass is 302 g/mol. The summed E-state index contributed by atoms with van der Waals surface area (Å²) in [6, 6.07) is 8.09. The largest absolute Gasteiger partial charge is 0.382 e. The molecule has 110 valence electrons. The first kappa shape index (κ1) is 14.3. The van der Waals surface area contributed by atoms with Crippen molar-refractivity contribution in [2.24, 2.45) is 0 Å². The van der Waals surface area contributed by atoms with Crippen molar-refractivity contribution in [3.8, 4) is 0 Å². The van der Waals surface area contributed by atoms with Gasteiger partial charge in [0.2, 0.25) is 0 Å². The van der Waals surface area contributed by atoms with Crippen molar-refractivity contribution >= 4 is 17.4 Å². The highest BCUT2D eigenvalue weighted by molar-refractivity contribution is 6.30. The molecular weight excluding hydrogens is 284 g/mol. The molecule has 0 aliphatic carbocycles. The van der Waals surface area contributed by atoms with Crippen LogP contribution in [0.5, 0.6) is 0 Å². The number of hydrogen-bond donors (Lipinski definition) is 1. The molecule has 0 saturated carbocycles. The second-order valence-corrected chi connectivity index (χ2v) is 5.84. The zero-order chi connectivity index (χ0) is 14.7. The predicted octanol–water partition coefficient (Wildman–Crippen LogP) is 2.36. The van der Waals surface area contributed by atoms with Gasteiger partial charge in [0.1, 0.15) is 5.82 Å². The van der Waals surface area contributed by atoms with Crippen LogP contribution in [-0.4, -0.2) is 34.5 Å². The van der Waals surface area contributed by atoms with Crippen molar-refractivity contribution in [2.45, 2.75) is 19.3 Å². The second-order valence-electron chi connectivity index (χ2n) is 5.41. The summed E-state index contributed by atoms with van der Waals surface area (Å²) >= 11 is 5.91. The maximum Gasteiger partial charge on any atom is 0.142 e.